The van der Waals surface area contributed by atoms with Gasteiger partial charge in [0, 0.05) is 18.0 Å². The molecule has 21 heavy (non-hydrogen) atoms. The lowest BCUT2D eigenvalue weighted by molar-refractivity contribution is -0.0129. The fraction of sp³-hybridized carbons (Fsp3) is 0.700. The molecule has 1 heteroatoms. The van der Waals surface area contributed by atoms with E-state index < -0.39 is 0 Å². The van der Waals surface area contributed by atoms with Crippen molar-refractivity contribution in [1.82, 2.24) is 5.32 Å². The second kappa shape index (κ2) is 5.12. The minimum atomic E-state index is 0.438. The van der Waals surface area contributed by atoms with Crippen molar-refractivity contribution in [1.29, 1.82) is 0 Å². The van der Waals surface area contributed by atoms with Crippen molar-refractivity contribution in [2.75, 3.05) is 6.54 Å². The Morgan fingerprint density at radius 3 is 2.29 bits per heavy atom. The van der Waals surface area contributed by atoms with E-state index in [1.165, 1.54) is 69.9 Å². The Balaban J connectivity index is 1.53. The number of hydrogen-bond donors (Lipinski definition) is 1. The van der Waals surface area contributed by atoms with E-state index in [2.05, 4.69) is 36.5 Å². The highest BCUT2D eigenvalue weighted by Crippen LogP contribution is 2.61. The van der Waals surface area contributed by atoms with Gasteiger partial charge in [-0.2, -0.15) is 0 Å². The minimum absolute atomic E-state index is 0.438. The zero-order chi connectivity index (χ0) is 14.3. The molecule has 0 heterocycles. The third-order valence-electron chi connectivity index (χ3n) is 6.31. The van der Waals surface area contributed by atoms with Gasteiger partial charge in [-0.05, 0) is 56.4 Å². The van der Waals surface area contributed by atoms with Gasteiger partial charge in [-0.3, -0.25) is 0 Å². The summed E-state index contributed by atoms with van der Waals surface area (Å²) in [5, 5.41) is 3.83. The van der Waals surface area contributed by atoms with Crippen LogP contribution in [-0.4, -0.2) is 12.6 Å². The summed E-state index contributed by atoms with van der Waals surface area (Å²) >= 11 is 0. The summed E-state index contributed by atoms with van der Waals surface area (Å²) in [5.74, 6) is 0. The molecule has 0 unspecified atom stereocenters. The lowest BCUT2D eigenvalue weighted by Crippen LogP contribution is -2.55. The molecular formula is C20H29N. The standard InChI is InChI=1S/C20H29N/c1-16-5-7-17(8-6-16)20(15-21-18-9-10-18)13-19(14-20)11-3-2-4-12-19/h5-8,18,21H,2-4,9-15H2,1H3. The van der Waals surface area contributed by atoms with Crippen molar-refractivity contribution in [3.63, 3.8) is 0 Å². The predicted molar refractivity (Wildman–Crippen MR) is 88.6 cm³/mol. The van der Waals surface area contributed by atoms with Crippen LogP contribution in [0.3, 0.4) is 0 Å². The number of nitrogens with one attached hydrogen (secondary N) is 1. The Bertz CT molecular complexity index is 483. The minimum Gasteiger partial charge on any atom is -0.313 e. The Hall–Kier alpha value is -0.820. The summed E-state index contributed by atoms with van der Waals surface area (Å²) in [4.78, 5) is 0. The van der Waals surface area contributed by atoms with Crippen LogP contribution in [0.25, 0.3) is 0 Å². The summed E-state index contributed by atoms with van der Waals surface area (Å²) in [6.07, 6.45) is 13.1. The topological polar surface area (TPSA) is 12.0 Å². The summed E-state index contributed by atoms with van der Waals surface area (Å²) < 4.78 is 0. The van der Waals surface area contributed by atoms with E-state index in [1.807, 2.05) is 0 Å². The maximum absolute atomic E-state index is 3.83. The molecule has 1 spiro atoms. The highest BCUT2D eigenvalue weighted by Gasteiger charge is 2.54. The second-order valence-electron chi connectivity index (χ2n) is 8.22. The van der Waals surface area contributed by atoms with Crippen LogP contribution in [0.15, 0.2) is 24.3 Å². The molecule has 1 N–H and O–H groups in total. The van der Waals surface area contributed by atoms with Gasteiger partial charge in [0.25, 0.3) is 0 Å². The lowest BCUT2D eigenvalue weighted by Gasteiger charge is -2.59. The fourth-order valence-electron chi connectivity index (χ4n) is 5.00. The smallest absolute Gasteiger partial charge is 0.00884 e. The van der Waals surface area contributed by atoms with Crippen molar-refractivity contribution >= 4 is 0 Å². The second-order valence-corrected chi connectivity index (χ2v) is 8.22. The SMILES string of the molecule is Cc1ccc(C2(CNC3CC3)CC3(CCCCC3)C2)cc1. The van der Waals surface area contributed by atoms with Gasteiger partial charge >= 0.3 is 0 Å². The largest absolute Gasteiger partial charge is 0.313 e. The van der Waals surface area contributed by atoms with Crippen LogP contribution in [-0.2, 0) is 5.41 Å². The Kier molecular flexibility index (Phi) is 3.37. The molecule has 0 aromatic heterocycles. The van der Waals surface area contributed by atoms with Gasteiger partial charge in [-0.25, -0.2) is 0 Å². The first-order valence-electron chi connectivity index (χ1n) is 9.00. The van der Waals surface area contributed by atoms with E-state index >= 15 is 0 Å². The Morgan fingerprint density at radius 2 is 1.67 bits per heavy atom. The number of aryl methyl sites for hydroxylation is 1. The molecule has 0 radical (unpaired) electrons. The van der Waals surface area contributed by atoms with Gasteiger partial charge in [-0.1, -0.05) is 49.1 Å². The first-order chi connectivity index (χ1) is 10.2. The number of rotatable bonds is 4. The summed E-state index contributed by atoms with van der Waals surface area (Å²) in [6.45, 7) is 3.41. The van der Waals surface area contributed by atoms with Crippen LogP contribution in [0.2, 0.25) is 0 Å². The van der Waals surface area contributed by atoms with E-state index in [4.69, 9.17) is 0 Å². The van der Waals surface area contributed by atoms with E-state index in [9.17, 15) is 0 Å². The van der Waals surface area contributed by atoms with Gasteiger partial charge in [-0.15, -0.1) is 0 Å². The molecule has 0 bridgehead atoms. The van der Waals surface area contributed by atoms with Crippen LogP contribution >= 0.6 is 0 Å². The molecule has 3 saturated carbocycles. The van der Waals surface area contributed by atoms with Gasteiger partial charge < -0.3 is 5.32 Å². The average Bonchev–Trinajstić information content (AvgIpc) is 3.29. The molecule has 0 saturated heterocycles. The van der Waals surface area contributed by atoms with Crippen LogP contribution in [0, 0.1) is 12.3 Å². The molecule has 1 aromatic carbocycles. The molecule has 1 nitrogen and oxygen atoms in total. The van der Waals surface area contributed by atoms with Crippen LogP contribution in [0.1, 0.15) is 68.9 Å². The maximum Gasteiger partial charge on any atom is 0.00884 e. The van der Waals surface area contributed by atoms with E-state index in [0.29, 0.717) is 10.8 Å². The number of hydrogen-bond acceptors (Lipinski definition) is 1. The molecule has 3 aliphatic carbocycles. The molecular weight excluding hydrogens is 254 g/mol. The van der Waals surface area contributed by atoms with Crippen molar-refractivity contribution < 1.29 is 0 Å². The van der Waals surface area contributed by atoms with E-state index in [0.717, 1.165) is 6.04 Å². The molecule has 0 atom stereocenters. The predicted octanol–water partition coefficient (Wildman–Crippen LogP) is 4.73. The zero-order valence-corrected chi connectivity index (χ0v) is 13.5. The van der Waals surface area contributed by atoms with Gasteiger partial charge in [0.15, 0.2) is 0 Å². The summed E-state index contributed by atoms with van der Waals surface area (Å²) in [6, 6.07) is 10.2. The molecule has 114 valence electrons. The first-order valence-corrected chi connectivity index (χ1v) is 9.00. The van der Waals surface area contributed by atoms with Crippen LogP contribution < -0.4 is 5.32 Å². The third-order valence-corrected chi connectivity index (χ3v) is 6.31. The first kappa shape index (κ1) is 13.8. The van der Waals surface area contributed by atoms with Gasteiger partial charge in [0.1, 0.15) is 0 Å². The molecule has 4 rings (SSSR count). The van der Waals surface area contributed by atoms with Crippen molar-refractivity contribution in [2.24, 2.45) is 5.41 Å². The third kappa shape index (κ3) is 2.65. The zero-order valence-electron chi connectivity index (χ0n) is 13.5. The molecule has 1 aromatic rings. The maximum atomic E-state index is 3.83. The van der Waals surface area contributed by atoms with E-state index in [-0.39, 0.29) is 0 Å². The molecule has 3 fully saturated rings. The highest BCUT2D eigenvalue weighted by atomic mass is 15.0. The van der Waals surface area contributed by atoms with Gasteiger partial charge in [0.2, 0.25) is 0 Å². The van der Waals surface area contributed by atoms with E-state index in [1.54, 1.807) is 5.56 Å². The lowest BCUT2D eigenvalue weighted by atomic mass is 9.46. The van der Waals surface area contributed by atoms with Crippen molar-refractivity contribution in [3.05, 3.63) is 35.4 Å². The molecule has 0 aliphatic heterocycles. The average molecular weight is 283 g/mol. The van der Waals surface area contributed by atoms with Crippen molar-refractivity contribution in [3.8, 4) is 0 Å². The Labute approximate surface area is 129 Å². The number of benzene rings is 1. The fourth-order valence-corrected chi connectivity index (χ4v) is 5.00. The van der Waals surface area contributed by atoms with Crippen LogP contribution in [0.4, 0.5) is 0 Å². The summed E-state index contributed by atoms with van der Waals surface area (Å²) in [5.41, 5.74) is 4.12. The molecule has 3 aliphatic rings. The van der Waals surface area contributed by atoms with Crippen molar-refractivity contribution in [2.45, 2.75) is 76.2 Å². The highest BCUT2D eigenvalue weighted by molar-refractivity contribution is 5.34. The molecule has 0 amide bonds. The van der Waals surface area contributed by atoms with Crippen LogP contribution in [0.5, 0.6) is 0 Å². The van der Waals surface area contributed by atoms with Gasteiger partial charge in [0.05, 0.1) is 0 Å². The Morgan fingerprint density at radius 1 is 1.00 bits per heavy atom. The normalized spacial score (nSPS) is 26.5. The quantitative estimate of drug-likeness (QED) is 0.842. The monoisotopic (exact) mass is 283 g/mol. The summed E-state index contributed by atoms with van der Waals surface area (Å²) in [7, 11) is 0.